The highest BCUT2D eigenvalue weighted by Gasteiger charge is 2.34. The number of nitro benzene ring substituents is 1. The Labute approximate surface area is 182 Å². The maximum absolute atomic E-state index is 13.2. The Morgan fingerprint density at radius 1 is 1.03 bits per heavy atom. The number of aromatic nitrogens is 1. The second-order valence-corrected chi connectivity index (χ2v) is 7.26. The summed E-state index contributed by atoms with van der Waals surface area (Å²) in [4.78, 5) is 37.4. The molecule has 0 saturated carbocycles. The first-order valence-electron chi connectivity index (χ1n) is 9.25. The van der Waals surface area contributed by atoms with Crippen molar-refractivity contribution < 1.29 is 14.5 Å². The fraction of sp³-hybridized carbons (Fsp3) is 0.0455. The Morgan fingerprint density at radius 2 is 1.77 bits per heavy atom. The average molecular weight is 432 g/mol. The molecule has 2 amide bonds. The molecule has 0 atom stereocenters. The number of carbonyl (C=O) groups excluding carboxylic acids is 2. The lowest BCUT2D eigenvalue weighted by Crippen LogP contribution is -2.54. The van der Waals surface area contributed by atoms with Crippen molar-refractivity contribution in [1.29, 1.82) is 0 Å². The van der Waals surface area contributed by atoms with Crippen LogP contribution in [0.5, 0.6) is 0 Å². The predicted molar refractivity (Wildman–Crippen MR) is 120 cm³/mol. The maximum Gasteiger partial charge on any atom is 0.270 e. The van der Waals surface area contributed by atoms with Crippen LogP contribution < -0.4 is 10.2 Å². The highest BCUT2D eigenvalue weighted by Crippen LogP contribution is 2.24. The van der Waals surface area contributed by atoms with E-state index >= 15 is 0 Å². The van der Waals surface area contributed by atoms with Crippen molar-refractivity contribution in [3.05, 3.63) is 93.8 Å². The zero-order valence-corrected chi connectivity index (χ0v) is 17.1. The molecule has 1 aliphatic heterocycles. The van der Waals surface area contributed by atoms with E-state index in [2.05, 4.69) is 5.32 Å². The van der Waals surface area contributed by atoms with Gasteiger partial charge in [-0.15, -0.1) is 0 Å². The minimum Gasteiger partial charge on any atom is -0.317 e. The van der Waals surface area contributed by atoms with Crippen LogP contribution in [0.1, 0.15) is 11.3 Å². The molecule has 1 aliphatic rings. The van der Waals surface area contributed by atoms with E-state index in [-0.39, 0.29) is 16.4 Å². The molecule has 9 heteroatoms. The van der Waals surface area contributed by atoms with Crippen LogP contribution in [0.3, 0.4) is 0 Å². The highest BCUT2D eigenvalue weighted by molar-refractivity contribution is 7.80. The van der Waals surface area contributed by atoms with Gasteiger partial charge in [0.15, 0.2) is 5.11 Å². The standard InChI is InChI=1S/C22H16N4O4S/c1-14-4-2-5-18(12-14)25-21(28)19(20(27)23-22(25)31)13-17-6-3-11-24(17)15-7-9-16(10-8-15)26(29)30/h2-13H,1H3,(H,23,27,31)/b19-13+. The number of non-ortho nitro benzene ring substituents is 1. The fourth-order valence-electron chi connectivity index (χ4n) is 3.29. The number of aryl methyl sites for hydroxylation is 1. The highest BCUT2D eigenvalue weighted by atomic mass is 32.1. The summed E-state index contributed by atoms with van der Waals surface area (Å²) in [5, 5.41) is 13.5. The molecule has 8 nitrogen and oxygen atoms in total. The third-order valence-electron chi connectivity index (χ3n) is 4.77. The predicted octanol–water partition coefficient (Wildman–Crippen LogP) is 3.53. The van der Waals surface area contributed by atoms with Crippen molar-refractivity contribution in [1.82, 2.24) is 9.88 Å². The topological polar surface area (TPSA) is 97.5 Å². The molecule has 1 N–H and O–H groups in total. The Bertz CT molecular complexity index is 1260. The number of benzene rings is 2. The summed E-state index contributed by atoms with van der Waals surface area (Å²) in [5.41, 5.74) is 2.62. The molecular weight excluding hydrogens is 416 g/mol. The van der Waals surface area contributed by atoms with Crippen molar-refractivity contribution in [2.45, 2.75) is 6.92 Å². The zero-order valence-electron chi connectivity index (χ0n) is 16.3. The van der Waals surface area contributed by atoms with E-state index in [0.717, 1.165) is 5.56 Å². The van der Waals surface area contributed by atoms with Crippen molar-refractivity contribution >= 4 is 46.6 Å². The van der Waals surface area contributed by atoms with Crippen LogP contribution in [0.2, 0.25) is 0 Å². The third-order valence-corrected chi connectivity index (χ3v) is 5.06. The number of thiocarbonyl (C=S) groups is 1. The molecule has 31 heavy (non-hydrogen) atoms. The number of nitrogens with one attached hydrogen (secondary N) is 1. The SMILES string of the molecule is Cc1cccc(N2C(=O)/C(=C/c3cccn3-c3ccc([N+](=O)[O-])cc3)C(=O)NC2=S)c1. The number of amides is 2. The summed E-state index contributed by atoms with van der Waals surface area (Å²) < 4.78 is 1.72. The van der Waals surface area contributed by atoms with Gasteiger partial charge in [-0.1, -0.05) is 12.1 Å². The largest absolute Gasteiger partial charge is 0.317 e. The van der Waals surface area contributed by atoms with Gasteiger partial charge in [0.1, 0.15) is 5.57 Å². The number of nitrogens with zero attached hydrogens (tertiary/aromatic N) is 3. The van der Waals surface area contributed by atoms with Crippen molar-refractivity contribution in [2.75, 3.05) is 4.90 Å². The van der Waals surface area contributed by atoms with Crippen molar-refractivity contribution in [3.63, 3.8) is 0 Å². The van der Waals surface area contributed by atoms with Crippen molar-refractivity contribution in [3.8, 4) is 5.69 Å². The van der Waals surface area contributed by atoms with Crippen LogP contribution >= 0.6 is 12.2 Å². The fourth-order valence-corrected chi connectivity index (χ4v) is 3.57. The first-order valence-corrected chi connectivity index (χ1v) is 9.66. The second-order valence-electron chi connectivity index (χ2n) is 6.87. The molecule has 4 rings (SSSR count). The monoisotopic (exact) mass is 432 g/mol. The average Bonchev–Trinajstić information content (AvgIpc) is 3.19. The summed E-state index contributed by atoms with van der Waals surface area (Å²) in [5.74, 6) is -1.12. The van der Waals surface area contributed by atoms with Gasteiger partial charge in [-0.2, -0.15) is 0 Å². The summed E-state index contributed by atoms with van der Waals surface area (Å²) in [7, 11) is 0. The quantitative estimate of drug-likeness (QED) is 0.224. The number of nitro groups is 1. The molecule has 0 spiro atoms. The van der Waals surface area contributed by atoms with Gasteiger partial charge in [0.25, 0.3) is 17.5 Å². The van der Waals surface area contributed by atoms with Gasteiger partial charge in [0.05, 0.1) is 10.6 Å². The Kier molecular flexibility index (Phi) is 5.18. The number of rotatable bonds is 4. The molecule has 0 bridgehead atoms. The minimum atomic E-state index is -0.588. The molecule has 154 valence electrons. The number of carbonyl (C=O) groups is 2. The van der Waals surface area contributed by atoms with Crippen LogP contribution in [0, 0.1) is 17.0 Å². The summed E-state index contributed by atoms with van der Waals surface area (Å²) >= 11 is 5.23. The summed E-state index contributed by atoms with van der Waals surface area (Å²) in [6, 6.07) is 16.7. The molecular formula is C22H16N4O4S. The van der Waals surface area contributed by atoms with E-state index in [1.165, 1.54) is 23.1 Å². The normalized spacial score (nSPS) is 15.3. The Balaban J connectivity index is 1.72. The lowest BCUT2D eigenvalue weighted by Gasteiger charge is -2.29. The first-order chi connectivity index (χ1) is 14.8. The van der Waals surface area contributed by atoms with Gasteiger partial charge in [0.2, 0.25) is 0 Å². The van der Waals surface area contributed by atoms with E-state index in [4.69, 9.17) is 12.2 Å². The maximum atomic E-state index is 13.2. The van der Waals surface area contributed by atoms with Crippen LogP contribution in [0.25, 0.3) is 11.8 Å². The lowest BCUT2D eigenvalue weighted by atomic mass is 10.1. The number of hydrogen-bond donors (Lipinski definition) is 1. The number of hydrogen-bond acceptors (Lipinski definition) is 5. The van der Waals surface area contributed by atoms with E-state index in [1.54, 1.807) is 53.2 Å². The molecule has 3 aromatic rings. The minimum absolute atomic E-state index is 0.0171. The second kappa shape index (κ2) is 7.96. The van der Waals surface area contributed by atoms with Gasteiger partial charge in [-0.05, 0) is 67.2 Å². The molecule has 1 fully saturated rings. The van der Waals surface area contributed by atoms with Gasteiger partial charge < -0.3 is 4.57 Å². The summed E-state index contributed by atoms with van der Waals surface area (Å²) in [6.45, 7) is 1.90. The van der Waals surface area contributed by atoms with Crippen LogP contribution in [-0.4, -0.2) is 26.4 Å². The molecule has 2 heterocycles. The molecule has 0 radical (unpaired) electrons. The van der Waals surface area contributed by atoms with Gasteiger partial charge >= 0.3 is 0 Å². The van der Waals surface area contributed by atoms with Gasteiger partial charge in [0, 0.05) is 29.7 Å². The molecule has 1 saturated heterocycles. The van der Waals surface area contributed by atoms with Crippen LogP contribution in [0.15, 0.2) is 72.4 Å². The van der Waals surface area contributed by atoms with Crippen LogP contribution in [-0.2, 0) is 9.59 Å². The van der Waals surface area contributed by atoms with E-state index in [9.17, 15) is 19.7 Å². The lowest BCUT2D eigenvalue weighted by molar-refractivity contribution is -0.384. The van der Waals surface area contributed by atoms with Crippen LogP contribution in [0.4, 0.5) is 11.4 Å². The van der Waals surface area contributed by atoms with Crippen molar-refractivity contribution in [2.24, 2.45) is 0 Å². The Morgan fingerprint density at radius 3 is 2.45 bits per heavy atom. The Hall–Kier alpha value is -4.11. The smallest absolute Gasteiger partial charge is 0.270 e. The summed E-state index contributed by atoms with van der Waals surface area (Å²) in [6.07, 6.45) is 3.21. The van der Waals surface area contributed by atoms with E-state index < -0.39 is 16.7 Å². The molecule has 0 aliphatic carbocycles. The van der Waals surface area contributed by atoms with E-state index in [1.807, 2.05) is 13.0 Å². The van der Waals surface area contributed by atoms with Gasteiger partial charge in [-0.3, -0.25) is 29.9 Å². The number of anilines is 1. The van der Waals surface area contributed by atoms with Gasteiger partial charge in [-0.25, -0.2) is 0 Å². The molecule has 1 aromatic heterocycles. The van der Waals surface area contributed by atoms with E-state index in [0.29, 0.717) is 17.1 Å². The zero-order chi connectivity index (χ0) is 22.1. The molecule has 2 aromatic carbocycles. The third kappa shape index (κ3) is 3.86. The molecule has 0 unspecified atom stereocenters. The first kappa shape index (κ1) is 20.2.